The van der Waals surface area contributed by atoms with Gasteiger partial charge in [-0.25, -0.2) is 0 Å². The van der Waals surface area contributed by atoms with Crippen molar-refractivity contribution in [3.63, 3.8) is 0 Å². The maximum Gasteiger partial charge on any atom is 0.573 e. The quantitative estimate of drug-likeness (QED) is 0.390. The van der Waals surface area contributed by atoms with E-state index in [0.29, 0.717) is 29.4 Å². The van der Waals surface area contributed by atoms with Crippen LogP contribution in [0.25, 0.3) is 5.69 Å². The minimum atomic E-state index is -4.78. The van der Waals surface area contributed by atoms with E-state index in [0.717, 1.165) is 36.0 Å². The van der Waals surface area contributed by atoms with E-state index < -0.39 is 6.36 Å². The van der Waals surface area contributed by atoms with E-state index in [1.54, 1.807) is 29.2 Å². The Balaban J connectivity index is 1.39. The molecule has 0 spiro atoms. The average molecular weight is 463 g/mol. The number of tetrazole rings is 1. The summed E-state index contributed by atoms with van der Waals surface area (Å²) in [5.41, 5.74) is 1.67. The molecule has 0 aliphatic carbocycles. The predicted molar refractivity (Wildman–Crippen MR) is 109 cm³/mol. The average Bonchev–Trinajstić information content (AvgIpc) is 3.40. The zero-order valence-electron chi connectivity index (χ0n) is 16.5. The third-order valence-corrected chi connectivity index (χ3v) is 5.58. The minimum Gasteiger partial charge on any atom is -0.406 e. The maximum absolute atomic E-state index is 12.6. The Morgan fingerprint density at radius 3 is 2.38 bits per heavy atom. The summed E-state index contributed by atoms with van der Waals surface area (Å²) < 4.78 is 42.1. The molecule has 0 radical (unpaired) electrons. The number of ether oxygens (including phenoxy) is 1. The van der Waals surface area contributed by atoms with Crippen LogP contribution in [0.2, 0.25) is 0 Å². The topological polar surface area (TPSA) is 90.2 Å². The number of aromatic nitrogens is 4. The van der Waals surface area contributed by atoms with Gasteiger partial charge >= 0.3 is 6.36 Å². The Morgan fingerprint density at radius 1 is 1.06 bits per heavy atom. The second kappa shape index (κ2) is 8.99. The van der Waals surface area contributed by atoms with Crippen molar-refractivity contribution >= 4 is 29.1 Å². The lowest BCUT2D eigenvalue weighted by Gasteiger charge is -2.15. The van der Waals surface area contributed by atoms with E-state index in [-0.39, 0.29) is 23.2 Å². The van der Waals surface area contributed by atoms with Gasteiger partial charge in [0.1, 0.15) is 5.75 Å². The maximum atomic E-state index is 12.6. The van der Waals surface area contributed by atoms with Crippen molar-refractivity contribution in [2.75, 3.05) is 17.2 Å². The van der Waals surface area contributed by atoms with E-state index in [1.165, 1.54) is 16.8 Å². The van der Waals surface area contributed by atoms with Gasteiger partial charge in [0.15, 0.2) is 5.78 Å². The molecule has 1 aliphatic heterocycles. The van der Waals surface area contributed by atoms with Crippen molar-refractivity contribution in [3.05, 3.63) is 54.1 Å². The molecular formula is C20H16F3N5O3S. The molecule has 0 unspecified atom stereocenters. The Morgan fingerprint density at radius 2 is 1.75 bits per heavy atom. The van der Waals surface area contributed by atoms with Crippen molar-refractivity contribution in [1.29, 1.82) is 0 Å². The van der Waals surface area contributed by atoms with Gasteiger partial charge in [0.25, 0.3) is 0 Å². The standard InChI is InChI=1S/C20H16F3N5O3S/c21-20(22,23)31-16-9-7-15(8-10-16)28-19(24-25-26-28)32-12-17(29)13-3-5-14(6-4-13)27-11-1-2-18(27)30/h3-10H,1-2,11-12H2. The van der Waals surface area contributed by atoms with Crippen LogP contribution < -0.4 is 9.64 Å². The molecular weight excluding hydrogens is 447 g/mol. The summed E-state index contributed by atoms with van der Waals surface area (Å²) in [7, 11) is 0. The van der Waals surface area contributed by atoms with Crippen LogP contribution >= 0.6 is 11.8 Å². The molecule has 2 aromatic carbocycles. The predicted octanol–water partition coefficient (Wildman–Crippen LogP) is 3.66. The lowest BCUT2D eigenvalue weighted by Crippen LogP contribution is -2.23. The third-order valence-electron chi connectivity index (χ3n) is 4.66. The first-order chi connectivity index (χ1) is 15.3. The largest absolute Gasteiger partial charge is 0.573 e. The van der Waals surface area contributed by atoms with Gasteiger partial charge in [-0.1, -0.05) is 11.8 Å². The number of thioether (sulfide) groups is 1. The SMILES string of the molecule is O=C(CSc1nnnn1-c1ccc(OC(F)(F)F)cc1)c1ccc(N2CCCC2=O)cc1. The van der Waals surface area contributed by atoms with Gasteiger partial charge in [-0.15, -0.1) is 18.3 Å². The molecule has 8 nitrogen and oxygen atoms in total. The van der Waals surface area contributed by atoms with Gasteiger partial charge < -0.3 is 9.64 Å². The van der Waals surface area contributed by atoms with E-state index in [9.17, 15) is 22.8 Å². The lowest BCUT2D eigenvalue weighted by molar-refractivity contribution is -0.274. The third kappa shape index (κ3) is 5.07. The van der Waals surface area contributed by atoms with Crippen molar-refractivity contribution in [2.45, 2.75) is 24.4 Å². The normalized spacial score (nSPS) is 14.1. The summed E-state index contributed by atoms with van der Waals surface area (Å²) in [5, 5.41) is 11.6. The summed E-state index contributed by atoms with van der Waals surface area (Å²) in [6, 6.07) is 11.9. The van der Waals surface area contributed by atoms with Crippen LogP contribution in [0, 0.1) is 0 Å². The summed E-state index contributed by atoms with van der Waals surface area (Å²) in [4.78, 5) is 26.1. The van der Waals surface area contributed by atoms with Crippen LogP contribution in [0.1, 0.15) is 23.2 Å². The number of amides is 1. The van der Waals surface area contributed by atoms with Crippen molar-refractivity contribution in [2.24, 2.45) is 0 Å². The van der Waals surface area contributed by atoms with E-state index in [4.69, 9.17) is 0 Å². The Bertz CT molecular complexity index is 1120. The molecule has 3 aromatic rings. The first-order valence-electron chi connectivity index (χ1n) is 9.51. The van der Waals surface area contributed by atoms with E-state index in [1.807, 2.05) is 0 Å². The highest BCUT2D eigenvalue weighted by Crippen LogP contribution is 2.26. The number of hydrogen-bond acceptors (Lipinski definition) is 7. The van der Waals surface area contributed by atoms with Crippen molar-refractivity contribution in [1.82, 2.24) is 20.2 Å². The summed E-state index contributed by atoms with van der Waals surface area (Å²) >= 11 is 1.10. The van der Waals surface area contributed by atoms with Crippen molar-refractivity contribution < 1.29 is 27.5 Å². The van der Waals surface area contributed by atoms with Gasteiger partial charge in [0.2, 0.25) is 11.1 Å². The Kier molecular flexibility index (Phi) is 6.12. The Hall–Kier alpha value is -3.41. The number of carbonyl (C=O) groups is 2. The van der Waals surface area contributed by atoms with Gasteiger partial charge in [-0.2, -0.15) is 4.68 Å². The molecule has 0 atom stereocenters. The van der Waals surface area contributed by atoms with E-state index >= 15 is 0 Å². The molecule has 1 aromatic heterocycles. The monoisotopic (exact) mass is 463 g/mol. The zero-order valence-corrected chi connectivity index (χ0v) is 17.3. The smallest absolute Gasteiger partial charge is 0.406 e. The van der Waals surface area contributed by atoms with Gasteiger partial charge in [0.05, 0.1) is 11.4 Å². The van der Waals surface area contributed by atoms with Crippen LogP contribution in [0.15, 0.2) is 53.7 Å². The summed E-state index contributed by atoms with van der Waals surface area (Å²) in [6.45, 7) is 0.675. The van der Waals surface area contributed by atoms with Crippen molar-refractivity contribution in [3.8, 4) is 11.4 Å². The lowest BCUT2D eigenvalue weighted by atomic mass is 10.1. The zero-order chi connectivity index (χ0) is 22.7. The second-order valence-electron chi connectivity index (χ2n) is 6.82. The summed E-state index contributed by atoms with van der Waals surface area (Å²) in [6.07, 6.45) is -3.42. The second-order valence-corrected chi connectivity index (χ2v) is 7.77. The van der Waals surface area contributed by atoms with Gasteiger partial charge in [0, 0.05) is 24.2 Å². The number of hydrogen-bond donors (Lipinski definition) is 0. The molecule has 1 amide bonds. The molecule has 0 bridgehead atoms. The molecule has 4 rings (SSSR count). The number of alkyl halides is 3. The van der Waals surface area contributed by atoms with Gasteiger partial charge in [-0.05, 0) is 65.4 Å². The fourth-order valence-electron chi connectivity index (χ4n) is 3.18. The highest BCUT2D eigenvalue weighted by molar-refractivity contribution is 7.99. The molecule has 0 N–H and O–H groups in total. The number of ketones is 1. The van der Waals surface area contributed by atoms with Crippen LogP contribution in [0.3, 0.4) is 0 Å². The number of nitrogens with zero attached hydrogens (tertiary/aromatic N) is 5. The molecule has 12 heteroatoms. The fourth-order valence-corrected chi connectivity index (χ4v) is 3.97. The van der Waals surface area contributed by atoms with Gasteiger partial charge in [-0.3, -0.25) is 9.59 Å². The number of anilines is 1. The molecule has 1 aliphatic rings. The molecule has 166 valence electrons. The van der Waals surface area contributed by atoms with Crippen LogP contribution in [0.4, 0.5) is 18.9 Å². The number of rotatable bonds is 7. The first-order valence-corrected chi connectivity index (χ1v) is 10.5. The van der Waals surface area contributed by atoms with Crippen LogP contribution in [0.5, 0.6) is 5.75 Å². The highest BCUT2D eigenvalue weighted by Gasteiger charge is 2.31. The number of halogens is 3. The number of benzene rings is 2. The first kappa shape index (κ1) is 21.8. The molecule has 2 heterocycles. The Labute approximate surface area is 184 Å². The number of carbonyl (C=O) groups excluding carboxylic acids is 2. The number of Topliss-reactive ketones (excluding diaryl/α,β-unsaturated/α-hetero) is 1. The molecule has 32 heavy (non-hydrogen) atoms. The summed E-state index contributed by atoms with van der Waals surface area (Å²) in [5.74, 6) is -0.391. The molecule has 1 fully saturated rings. The molecule has 1 saturated heterocycles. The van der Waals surface area contributed by atoms with E-state index in [2.05, 4.69) is 20.3 Å². The minimum absolute atomic E-state index is 0.0532. The van der Waals surface area contributed by atoms with Crippen LogP contribution in [-0.4, -0.2) is 50.6 Å². The van der Waals surface area contributed by atoms with Crippen LogP contribution in [-0.2, 0) is 4.79 Å². The highest BCUT2D eigenvalue weighted by atomic mass is 32.2. The fraction of sp³-hybridized carbons (Fsp3) is 0.250. The molecule has 0 saturated carbocycles.